The second-order valence-electron chi connectivity index (χ2n) is 5.92. The second kappa shape index (κ2) is 6.01. The van der Waals surface area contributed by atoms with Crippen molar-refractivity contribution in [1.82, 2.24) is 24.4 Å². The summed E-state index contributed by atoms with van der Waals surface area (Å²) in [4.78, 5) is 4.52. The largest absolute Gasteiger partial charge is 0.363 e. The van der Waals surface area contributed by atoms with Crippen LogP contribution < -0.4 is 5.32 Å². The third-order valence-corrected chi connectivity index (χ3v) is 4.10. The fraction of sp³-hybridized carbons (Fsp3) is 0.167. The standard InChI is InChI=1S/C18H17FN6/c1-12(13-10-21-24(2)11-13)22-18-9-16(14-5-3-4-6-15(14)19)23-17-7-8-20-25(17)18/h3-12,22H,1-2H3. The van der Waals surface area contributed by atoms with E-state index in [1.807, 2.05) is 32.4 Å². The average Bonchev–Trinajstić information content (AvgIpc) is 3.24. The zero-order valence-corrected chi connectivity index (χ0v) is 13.9. The van der Waals surface area contributed by atoms with Gasteiger partial charge in [0.05, 0.1) is 24.1 Å². The van der Waals surface area contributed by atoms with E-state index in [-0.39, 0.29) is 11.9 Å². The lowest BCUT2D eigenvalue weighted by molar-refractivity contribution is 0.630. The van der Waals surface area contributed by atoms with E-state index in [1.165, 1.54) is 6.07 Å². The molecule has 0 saturated carbocycles. The molecule has 0 fully saturated rings. The van der Waals surface area contributed by atoms with E-state index in [4.69, 9.17) is 0 Å². The summed E-state index contributed by atoms with van der Waals surface area (Å²) in [6.07, 6.45) is 5.45. The number of halogens is 1. The number of nitrogens with zero attached hydrogens (tertiary/aromatic N) is 5. The van der Waals surface area contributed by atoms with Crippen molar-refractivity contribution in [2.45, 2.75) is 13.0 Å². The Hall–Kier alpha value is -3.22. The monoisotopic (exact) mass is 336 g/mol. The molecule has 0 spiro atoms. The molecule has 0 aliphatic carbocycles. The first kappa shape index (κ1) is 15.3. The molecule has 7 heteroatoms. The van der Waals surface area contributed by atoms with Crippen LogP contribution in [0.2, 0.25) is 0 Å². The van der Waals surface area contributed by atoms with Crippen molar-refractivity contribution >= 4 is 11.5 Å². The average molecular weight is 336 g/mol. The van der Waals surface area contributed by atoms with Crippen molar-refractivity contribution in [2.24, 2.45) is 7.05 Å². The molecule has 6 nitrogen and oxygen atoms in total. The Labute approximate surface area is 143 Å². The Bertz CT molecular complexity index is 1030. The molecule has 1 unspecified atom stereocenters. The third kappa shape index (κ3) is 2.84. The zero-order chi connectivity index (χ0) is 17.4. The van der Waals surface area contributed by atoms with Crippen LogP contribution in [-0.2, 0) is 7.05 Å². The van der Waals surface area contributed by atoms with Gasteiger partial charge in [-0.15, -0.1) is 0 Å². The Balaban J connectivity index is 1.77. The molecular formula is C18H17FN6. The van der Waals surface area contributed by atoms with Crippen molar-refractivity contribution in [1.29, 1.82) is 0 Å². The summed E-state index contributed by atoms with van der Waals surface area (Å²) in [6.45, 7) is 2.04. The molecule has 25 heavy (non-hydrogen) atoms. The minimum Gasteiger partial charge on any atom is -0.363 e. The first-order valence-electron chi connectivity index (χ1n) is 7.96. The van der Waals surface area contributed by atoms with Crippen LogP contribution in [0.3, 0.4) is 0 Å². The molecular weight excluding hydrogens is 319 g/mol. The van der Waals surface area contributed by atoms with Crippen LogP contribution in [0.1, 0.15) is 18.5 Å². The molecule has 1 aromatic carbocycles. The van der Waals surface area contributed by atoms with Gasteiger partial charge in [-0.25, -0.2) is 9.37 Å². The maximum atomic E-state index is 14.2. The van der Waals surface area contributed by atoms with Crippen LogP contribution in [-0.4, -0.2) is 24.4 Å². The first-order chi connectivity index (χ1) is 12.1. The second-order valence-corrected chi connectivity index (χ2v) is 5.92. The lowest BCUT2D eigenvalue weighted by Crippen LogP contribution is -2.11. The summed E-state index contributed by atoms with van der Waals surface area (Å²) in [5.74, 6) is 0.440. The molecule has 4 aromatic rings. The quantitative estimate of drug-likeness (QED) is 0.620. The highest BCUT2D eigenvalue weighted by atomic mass is 19.1. The Morgan fingerprint density at radius 2 is 2.00 bits per heavy atom. The number of hydrogen-bond acceptors (Lipinski definition) is 4. The summed E-state index contributed by atoms with van der Waals surface area (Å²) < 4.78 is 17.6. The van der Waals surface area contributed by atoms with Gasteiger partial charge in [0, 0.05) is 36.5 Å². The highest BCUT2D eigenvalue weighted by Crippen LogP contribution is 2.26. The van der Waals surface area contributed by atoms with E-state index in [0.717, 1.165) is 11.4 Å². The summed E-state index contributed by atoms with van der Waals surface area (Å²) in [5.41, 5.74) is 2.73. The number of rotatable bonds is 4. The van der Waals surface area contributed by atoms with E-state index >= 15 is 0 Å². The van der Waals surface area contributed by atoms with E-state index in [9.17, 15) is 4.39 Å². The van der Waals surface area contributed by atoms with Crippen molar-refractivity contribution in [2.75, 3.05) is 5.32 Å². The van der Waals surface area contributed by atoms with Gasteiger partial charge in [-0.3, -0.25) is 4.68 Å². The minimum atomic E-state index is -0.301. The van der Waals surface area contributed by atoms with Crippen molar-refractivity contribution in [3.8, 4) is 11.3 Å². The summed E-state index contributed by atoms with van der Waals surface area (Å²) in [6, 6.07) is 10.2. The van der Waals surface area contributed by atoms with Gasteiger partial charge in [0.1, 0.15) is 11.6 Å². The van der Waals surface area contributed by atoms with Crippen LogP contribution in [0.15, 0.2) is 55.0 Å². The third-order valence-electron chi connectivity index (χ3n) is 4.10. The van der Waals surface area contributed by atoms with Crippen LogP contribution in [0, 0.1) is 5.82 Å². The lowest BCUT2D eigenvalue weighted by Gasteiger charge is -2.16. The number of benzene rings is 1. The molecule has 0 radical (unpaired) electrons. The van der Waals surface area contributed by atoms with Crippen LogP contribution in [0.4, 0.5) is 10.2 Å². The topological polar surface area (TPSA) is 60.0 Å². The summed E-state index contributed by atoms with van der Waals surface area (Å²) in [7, 11) is 1.88. The first-order valence-corrected chi connectivity index (χ1v) is 7.96. The van der Waals surface area contributed by atoms with Crippen molar-refractivity contribution in [3.63, 3.8) is 0 Å². The molecule has 1 N–H and O–H groups in total. The number of anilines is 1. The predicted octanol–water partition coefficient (Wildman–Crippen LogP) is 3.44. The number of hydrogen-bond donors (Lipinski definition) is 1. The van der Waals surface area contributed by atoms with Crippen LogP contribution in [0.5, 0.6) is 0 Å². The zero-order valence-electron chi connectivity index (χ0n) is 13.9. The lowest BCUT2D eigenvalue weighted by atomic mass is 10.1. The summed E-state index contributed by atoms with van der Waals surface area (Å²) >= 11 is 0. The van der Waals surface area contributed by atoms with Gasteiger partial charge in [0.15, 0.2) is 5.65 Å². The molecule has 3 heterocycles. The van der Waals surface area contributed by atoms with Crippen molar-refractivity contribution < 1.29 is 4.39 Å². The molecule has 1 atom stereocenters. The molecule has 0 aliphatic heterocycles. The van der Waals surface area contributed by atoms with E-state index in [0.29, 0.717) is 16.9 Å². The van der Waals surface area contributed by atoms with Crippen LogP contribution in [0.25, 0.3) is 16.9 Å². The predicted molar refractivity (Wildman–Crippen MR) is 93.6 cm³/mol. The van der Waals surface area contributed by atoms with E-state index < -0.39 is 0 Å². The van der Waals surface area contributed by atoms with Gasteiger partial charge in [-0.05, 0) is 19.1 Å². The summed E-state index contributed by atoms with van der Waals surface area (Å²) in [5, 5.41) is 11.9. The Kier molecular flexibility index (Phi) is 3.68. The smallest absolute Gasteiger partial charge is 0.157 e. The molecule has 0 amide bonds. The van der Waals surface area contributed by atoms with Crippen LogP contribution >= 0.6 is 0 Å². The van der Waals surface area contributed by atoms with Gasteiger partial charge in [-0.1, -0.05) is 12.1 Å². The number of aromatic nitrogens is 5. The fourth-order valence-electron chi connectivity index (χ4n) is 2.79. The minimum absolute atomic E-state index is 0.0111. The molecule has 0 saturated heterocycles. The maximum absolute atomic E-state index is 14.2. The fourth-order valence-corrected chi connectivity index (χ4v) is 2.79. The van der Waals surface area contributed by atoms with Gasteiger partial charge >= 0.3 is 0 Å². The molecule has 0 aliphatic rings. The maximum Gasteiger partial charge on any atom is 0.157 e. The van der Waals surface area contributed by atoms with Gasteiger partial charge < -0.3 is 5.32 Å². The molecule has 126 valence electrons. The number of fused-ring (bicyclic) bond motifs is 1. The van der Waals surface area contributed by atoms with Crippen molar-refractivity contribution in [3.05, 3.63) is 66.4 Å². The van der Waals surface area contributed by atoms with E-state index in [1.54, 1.807) is 39.7 Å². The highest BCUT2D eigenvalue weighted by molar-refractivity contribution is 5.67. The van der Waals surface area contributed by atoms with Gasteiger partial charge in [0.2, 0.25) is 0 Å². The molecule has 0 bridgehead atoms. The number of aryl methyl sites for hydroxylation is 1. The Morgan fingerprint density at radius 1 is 1.16 bits per heavy atom. The number of nitrogens with one attached hydrogen (secondary N) is 1. The highest BCUT2D eigenvalue weighted by Gasteiger charge is 2.14. The molecule has 4 rings (SSSR count). The van der Waals surface area contributed by atoms with Gasteiger partial charge in [0.25, 0.3) is 0 Å². The normalized spacial score (nSPS) is 12.4. The van der Waals surface area contributed by atoms with Gasteiger partial charge in [-0.2, -0.15) is 14.7 Å². The SMILES string of the molecule is CC(Nc1cc(-c2ccccc2F)nc2ccnn12)c1cnn(C)c1. The van der Waals surface area contributed by atoms with E-state index in [2.05, 4.69) is 20.5 Å². The molecule has 3 aromatic heterocycles. The Morgan fingerprint density at radius 3 is 2.76 bits per heavy atom.